The van der Waals surface area contributed by atoms with Gasteiger partial charge in [0.25, 0.3) is 0 Å². The number of para-hydroxylation sites is 1. The van der Waals surface area contributed by atoms with Crippen LogP contribution >= 0.6 is 11.8 Å². The summed E-state index contributed by atoms with van der Waals surface area (Å²) in [7, 11) is 1.57. The molecule has 0 bridgehead atoms. The van der Waals surface area contributed by atoms with E-state index in [0.29, 0.717) is 18.3 Å². The van der Waals surface area contributed by atoms with Crippen LogP contribution in [0.1, 0.15) is 6.42 Å². The van der Waals surface area contributed by atoms with Crippen molar-refractivity contribution < 1.29 is 14.3 Å². The van der Waals surface area contributed by atoms with Crippen LogP contribution in [0.5, 0.6) is 0 Å². The second-order valence-corrected chi connectivity index (χ2v) is 5.59. The zero-order valence-corrected chi connectivity index (χ0v) is 12.5. The van der Waals surface area contributed by atoms with Gasteiger partial charge >= 0.3 is 0 Å². The Hall–Kier alpha value is -1.86. The first-order valence-corrected chi connectivity index (χ1v) is 7.44. The zero-order valence-electron chi connectivity index (χ0n) is 11.7. The summed E-state index contributed by atoms with van der Waals surface area (Å²) in [5.41, 5.74) is 0.769. The van der Waals surface area contributed by atoms with Gasteiger partial charge in [0.1, 0.15) is 5.25 Å². The molecule has 0 aliphatic carbocycles. The highest BCUT2D eigenvalue weighted by atomic mass is 32.2. The topological polar surface area (TPSA) is 79.8 Å². The first kappa shape index (κ1) is 15.5. The molecule has 1 fully saturated rings. The number of carbonyl (C=O) groups is 2. The summed E-state index contributed by atoms with van der Waals surface area (Å²) in [6, 6.07) is 9.36. The maximum Gasteiger partial charge on any atom is 0.240 e. The average Bonchev–Trinajstić information content (AvgIpc) is 2.80. The van der Waals surface area contributed by atoms with E-state index in [1.165, 1.54) is 11.8 Å². The van der Waals surface area contributed by atoms with E-state index in [9.17, 15) is 9.59 Å². The summed E-state index contributed by atoms with van der Waals surface area (Å²) in [5.74, 6) is -0.350. The number of amides is 2. The average molecular weight is 307 g/mol. The van der Waals surface area contributed by atoms with Crippen LogP contribution in [0, 0.1) is 0 Å². The molecular formula is C14H17N3O3S. The molecule has 1 aromatic rings. The van der Waals surface area contributed by atoms with Gasteiger partial charge in [-0.1, -0.05) is 30.0 Å². The normalized spacial score (nSPS) is 19.6. The number of thioether (sulfide) groups is 1. The first-order valence-electron chi connectivity index (χ1n) is 6.56. The minimum atomic E-state index is -0.435. The van der Waals surface area contributed by atoms with E-state index >= 15 is 0 Å². The lowest BCUT2D eigenvalue weighted by Gasteiger charge is -2.06. The van der Waals surface area contributed by atoms with Gasteiger partial charge in [-0.05, 0) is 12.1 Å². The third-order valence-electron chi connectivity index (χ3n) is 2.76. The van der Waals surface area contributed by atoms with Crippen molar-refractivity contribution in [2.24, 2.45) is 4.99 Å². The number of benzene rings is 1. The summed E-state index contributed by atoms with van der Waals surface area (Å²) >= 11 is 1.28. The Balaban J connectivity index is 1.88. The summed E-state index contributed by atoms with van der Waals surface area (Å²) < 4.78 is 4.85. The lowest BCUT2D eigenvalue weighted by molar-refractivity contribution is -0.125. The molecule has 2 N–H and O–H groups in total. The Morgan fingerprint density at radius 3 is 2.90 bits per heavy atom. The van der Waals surface area contributed by atoms with E-state index in [2.05, 4.69) is 15.6 Å². The Kier molecular flexibility index (Phi) is 5.77. The van der Waals surface area contributed by atoms with Crippen molar-refractivity contribution in [2.45, 2.75) is 11.7 Å². The van der Waals surface area contributed by atoms with Crippen LogP contribution in [0.4, 0.5) is 5.69 Å². The van der Waals surface area contributed by atoms with Crippen molar-refractivity contribution in [1.82, 2.24) is 10.6 Å². The highest BCUT2D eigenvalue weighted by molar-refractivity contribution is 8.15. The van der Waals surface area contributed by atoms with Crippen LogP contribution in [0.25, 0.3) is 0 Å². The SMILES string of the molecule is COCCNC(=O)CC1SC(=Nc2ccccc2)NC1=O. The van der Waals surface area contributed by atoms with Crippen molar-refractivity contribution in [1.29, 1.82) is 0 Å². The number of carbonyl (C=O) groups excluding carboxylic acids is 2. The van der Waals surface area contributed by atoms with Gasteiger partial charge in [0, 0.05) is 20.1 Å². The molecule has 1 aliphatic rings. The van der Waals surface area contributed by atoms with E-state index in [4.69, 9.17) is 4.74 Å². The van der Waals surface area contributed by atoms with Gasteiger partial charge in [0.15, 0.2) is 5.17 Å². The summed E-state index contributed by atoms with van der Waals surface area (Å²) in [6.07, 6.45) is 0.133. The number of nitrogens with zero attached hydrogens (tertiary/aromatic N) is 1. The molecule has 0 aromatic heterocycles. The van der Waals surface area contributed by atoms with Crippen LogP contribution < -0.4 is 10.6 Å². The molecule has 7 heteroatoms. The second kappa shape index (κ2) is 7.80. The van der Waals surface area contributed by atoms with Gasteiger partial charge in [-0.25, -0.2) is 4.99 Å². The smallest absolute Gasteiger partial charge is 0.240 e. The monoisotopic (exact) mass is 307 g/mol. The maximum atomic E-state index is 11.8. The van der Waals surface area contributed by atoms with Crippen molar-refractivity contribution in [3.63, 3.8) is 0 Å². The van der Waals surface area contributed by atoms with E-state index in [-0.39, 0.29) is 18.2 Å². The van der Waals surface area contributed by atoms with Gasteiger partial charge in [-0.2, -0.15) is 0 Å². The van der Waals surface area contributed by atoms with Crippen molar-refractivity contribution in [3.8, 4) is 0 Å². The molecule has 1 aliphatic heterocycles. The molecule has 0 spiro atoms. The summed E-state index contributed by atoms with van der Waals surface area (Å²) in [4.78, 5) is 27.8. The lowest BCUT2D eigenvalue weighted by Crippen LogP contribution is -2.32. The van der Waals surface area contributed by atoms with Gasteiger partial charge in [-0.3, -0.25) is 9.59 Å². The fourth-order valence-electron chi connectivity index (χ4n) is 1.75. The molecule has 1 saturated heterocycles. The molecular weight excluding hydrogens is 290 g/mol. The predicted octanol–water partition coefficient (Wildman–Crippen LogP) is 1.06. The first-order chi connectivity index (χ1) is 10.2. The second-order valence-electron chi connectivity index (χ2n) is 4.40. The van der Waals surface area contributed by atoms with Crippen LogP contribution in [-0.2, 0) is 14.3 Å². The molecule has 1 unspecified atom stereocenters. The zero-order chi connectivity index (χ0) is 15.1. The number of nitrogens with one attached hydrogen (secondary N) is 2. The number of amidine groups is 1. The Labute approximate surface area is 127 Å². The molecule has 6 nitrogen and oxygen atoms in total. The molecule has 1 atom stereocenters. The predicted molar refractivity (Wildman–Crippen MR) is 82.6 cm³/mol. The van der Waals surface area contributed by atoms with Crippen LogP contribution in [0.2, 0.25) is 0 Å². The fourth-order valence-corrected chi connectivity index (χ4v) is 2.73. The molecule has 0 radical (unpaired) electrons. The number of hydrogen-bond acceptors (Lipinski definition) is 5. The van der Waals surface area contributed by atoms with Gasteiger partial charge in [-0.15, -0.1) is 0 Å². The van der Waals surface area contributed by atoms with E-state index in [0.717, 1.165) is 5.69 Å². The van der Waals surface area contributed by atoms with Crippen LogP contribution in [0.15, 0.2) is 35.3 Å². The molecule has 21 heavy (non-hydrogen) atoms. The highest BCUT2D eigenvalue weighted by Gasteiger charge is 2.31. The Morgan fingerprint density at radius 1 is 1.43 bits per heavy atom. The lowest BCUT2D eigenvalue weighted by atomic mass is 10.2. The molecule has 2 amide bonds. The molecule has 1 heterocycles. The van der Waals surface area contributed by atoms with Gasteiger partial charge in [0.05, 0.1) is 12.3 Å². The third-order valence-corrected chi connectivity index (χ3v) is 3.84. The fraction of sp³-hybridized carbons (Fsp3) is 0.357. The van der Waals surface area contributed by atoms with E-state index in [1.54, 1.807) is 7.11 Å². The number of ether oxygens (including phenoxy) is 1. The standard InChI is InChI=1S/C14H17N3O3S/c1-20-8-7-15-12(18)9-11-13(19)17-14(21-11)16-10-5-3-2-4-6-10/h2-6,11H,7-9H2,1H3,(H,15,18)(H,16,17,19). The Bertz CT molecular complexity index is 534. The number of methoxy groups -OCH3 is 1. The molecule has 2 rings (SSSR count). The van der Waals surface area contributed by atoms with Crippen molar-refractivity contribution in [2.75, 3.05) is 20.3 Å². The van der Waals surface area contributed by atoms with E-state index < -0.39 is 5.25 Å². The number of rotatable bonds is 6. The minimum absolute atomic E-state index is 0.133. The summed E-state index contributed by atoms with van der Waals surface area (Å²) in [5, 5.41) is 5.49. The number of aliphatic imine (C=N–C) groups is 1. The highest BCUT2D eigenvalue weighted by Crippen LogP contribution is 2.24. The molecule has 112 valence electrons. The van der Waals surface area contributed by atoms with Crippen LogP contribution in [0.3, 0.4) is 0 Å². The number of hydrogen-bond donors (Lipinski definition) is 2. The summed E-state index contributed by atoms with van der Waals surface area (Å²) in [6.45, 7) is 0.899. The maximum absolute atomic E-state index is 11.8. The van der Waals surface area contributed by atoms with Gasteiger partial charge in [0.2, 0.25) is 11.8 Å². The van der Waals surface area contributed by atoms with Gasteiger partial charge < -0.3 is 15.4 Å². The quantitative estimate of drug-likeness (QED) is 0.770. The van der Waals surface area contributed by atoms with Crippen LogP contribution in [-0.4, -0.2) is 42.5 Å². The molecule has 0 saturated carbocycles. The van der Waals surface area contributed by atoms with Crippen molar-refractivity contribution >= 4 is 34.4 Å². The third kappa shape index (κ3) is 4.87. The Morgan fingerprint density at radius 2 is 2.19 bits per heavy atom. The minimum Gasteiger partial charge on any atom is -0.383 e. The van der Waals surface area contributed by atoms with E-state index in [1.807, 2.05) is 30.3 Å². The van der Waals surface area contributed by atoms with Crippen molar-refractivity contribution in [3.05, 3.63) is 30.3 Å². The molecule has 1 aromatic carbocycles. The largest absolute Gasteiger partial charge is 0.383 e.